The van der Waals surface area contributed by atoms with Gasteiger partial charge in [-0.25, -0.2) is 13.2 Å². The highest BCUT2D eigenvalue weighted by Gasteiger charge is 2.32. The first-order valence-corrected chi connectivity index (χ1v) is 11.2. The number of nitrogens with zero attached hydrogens (tertiary/aromatic N) is 3. The third kappa shape index (κ3) is 4.65. The van der Waals surface area contributed by atoms with Gasteiger partial charge < -0.3 is 10.4 Å². The Morgan fingerprint density at radius 3 is 2.31 bits per heavy atom. The molecule has 0 unspecified atom stereocenters. The number of sulfonamides is 1. The van der Waals surface area contributed by atoms with Crippen LogP contribution in [0.25, 0.3) is 0 Å². The van der Waals surface area contributed by atoms with Gasteiger partial charge in [-0.1, -0.05) is 23.8 Å². The maximum Gasteiger partial charge on any atom is 0.335 e. The molecule has 0 saturated carbocycles. The molecule has 0 atom stereocenters. The smallest absolute Gasteiger partial charge is 0.335 e. The summed E-state index contributed by atoms with van der Waals surface area (Å²) in [7, 11) is -2.47. The van der Waals surface area contributed by atoms with Crippen molar-refractivity contribution in [3.63, 3.8) is 0 Å². The summed E-state index contributed by atoms with van der Waals surface area (Å²) in [6.07, 6.45) is 0. The van der Waals surface area contributed by atoms with Gasteiger partial charge in [0.25, 0.3) is 10.0 Å². The molecule has 0 spiro atoms. The van der Waals surface area contributed by atoms with E-state index in [1.165, 1.54) is 28.9 Å². The number of hydrogen-bond acceptors (Lipinski definition) is 5. The first kappa shape index (κ1) is 23.0. The second-order valence-corrected chi connectivity index (χ2v) is 9.20. The number of aromatic nitrogens is 2. The quantitative estimate of drug-likeness (QED) is 0.564. The minimum atomic E-state index is -4.12. The lowest BCUT2D eigenvalue weighted by molar-refractivity contribution is -0.114. The van der Waals surface area contributed by atoms with Crippen LogP contribution >= 0.6 is 0 Å². The number of hydrogen-bond donors (Lipinski definition) is 2. The van der Waals surface area contributed by atoms with E-state index in [-0.39, 0.29) is 16.1 Å². The highest BCUT2D eigenvalue weighted by atomic mass is 32.2. The van der Waals surface area contributed by atoms with Gasteiger partial charge in [0.1, 0.15) is 11.4 Å². The van der Waals surface area contributed by atoms with E-state index >= 15 is 0 Å². The fourth-order valence-electron chi connectivity index (χ4n) is 3.32. The van der Waals surface area contributed by atoms with Crippen molar-refractivity contribution >= 4 is 33.3 Å². The molecule has 3 rings (SSSR count). The van der Waals surface area contributed by atoms with Crippen molar-refractivity contribution in [2.75, 3.05) is 16.2 Å². The van der Waals surface area contributed by atoms with E-state index in [0.29, 0.717) is 17.1 Å². The van der Waals surface area contributed by atoms with Crippen molar-refractivity contribution in [2.24, 2.45) is 7.05 Å². The number of rotatable bonds is 7. The van der Waals surface area contributed by atoms with E-state index in [9.17, 15) is 18.0 Å². The Morgan fingerprint density at radius 1 is 1.09 bits per heavy atom. The molecule has 1 heterocycles. The van der Waals surface area contributed by atoms with Crippen molar-refractivity contribution in [2.45, 2.75) is 25.7 Å². The molecule has 0 radical (unpaired) electrons. The van der Waals surface area contributed by atoms with Crippen LogP contribution in [0.5, 0.6) is 0 Å². The number of benzene rings is 2. The normalized spacial score (nSPS) is 11.2. The monoisotopic (exact) mass is 456 g/mol. The average molecular weight is 457 g/mol. The number of aryl methyl sites for hydroxylation is 3. The Balaban J connectivity index is 1.98. The molecule has 3 aromatic rings. The molecule has 2 aromatic carbocycles. The Labute approximate surface area is 186 Å². The van der Waals surface area contributed by atoms with E-state index in [1.807, 2.05) is 6.92 Å². The van der Waals surface area contributed by atoms with Gasteiger partial charge >= 0.3 is 5.97 Å². The summed E-state index contributed by atoms with van der Waals surface area (Å²) < 4.78 is 29.7. The highest BCUT2D eigenvalue weighted by molar-refractivity contribution is 7.93. The lowest BCUT2D eigenvalue weighted by Gasteiger charge is -2.24. The minimum absolute atomic E-state index is 0.00687. The summed E-state index contributed by atoms with van der Waals surface area (Å²) in [6.45, 7) is 4.62. The van der Waals surface area contributed by atoms with E-state index in [2.05, 4.69) is 10.4 Å². The van der Waals surface area contributed by atoms with Gasteiger partial charge in [0, 0.05) is 12.7 Å². The third-order valence-corrected chi connectivity index (χ3v) is 7.02. The number of aromatic carboxylic acids is 1. The van der Waals surface area contributed by atoms with Crippen LogP contribution in [0.15, 0.2) is 53.4 Å². The Kier molecular flexibility index (Phi) is 6.35. The molecule has 0 bridgehead atoms. The summed E-state index contributed by atoms with van der Waals surface area (Å²) in [6, 6.07) is 12.5. The van der Waals surface area contributed by atoms with Gasteiger partial charge in [0.2, 0.25) is 5.91 Å². The van der Waals surface area contributed by atoms with Gasteiger partial charge in [0.15, 0.2) is 0 Å². The zero-order valence-electron chi connectivity index (χ0n) is 18.2. The first-order chi connectivity index (χ1) is 15.0. The second-order valence-electron chi connectivity index (χ2n) is 7.40. The van der Waals surface area contributed by atoms with E-state index in [1.54, 1.807) is 45.2 Å². The number of nitrogens with one attached hydrogen (secondary N) is 1. The van der Waals surface area contributed by atoms with E-state index < -0.39 is 28.4 Å². The highest BCUT2D eigenvalue weighted by Crippen LogP contribution is 2.28. The predicted octanol–water partition coefficient (Wildman–Crippen LogP) is 2.88. The molecule has 1 aromatic heterocycles. The third-order valence-electron chi connectivity index (χ3n) is 4.99. The maximum atomic E-state index is 13.6. The van der Waals surface area contributed by atoms with E-state index in [4.69, 9.17) is 5.11 Å². The van der Waals surface area contributed by atoms with Gasteiger partial charge in [-0.2, -0.15) is 5.10 Å². The largest absolute Gasteiger partial charge is 0.478 e. The first-order valence-electron chi connectivity index (χ1n) is 9.73. The Morgan fingerprint density at radius 2 is 1.75 bits per heavy atom. The van der Waals surface area contributed by atoms with Gasteiger partial charge in [-0.05, 0) is 51.1 Å². The number of anilines is 2. The van der Waals surface area contributed by atoms with Crippen LogP contribution < -0.4 is 9.62 Å². The number of carbonyl (C=O) groups is 2. The average Bonchev–Trinajstić information content (AvgIpc) is 2.99. The van der Waals surface area contributed by atoms with Crippen LogP contribution in [-0.4, -0.2) is 41.7 Å². The number of carbonyl (C=O) groups excluding carboxylic acids is 1. The molecular weight excluding hydrogens is 432 g/mol. The zero-order valence-corrected chi connectivity index (χ0v) is 19.0. The molecular formula is C22H24N4O5S. The summed E-state index contributed by atoms with van der Waals surface area (Å²) in [4.78, 5) is 24.0. The van der Waals surface area contributed by atoms with Gasteiger partial charge in [-0.3, -0.25) is 13.8 Å². The van der Waals surface area contributed by atoms with Crippen LogP contribution in [0.3, 0.4) is 0 Å². The van der Waals surface area contributed by atoms with Crippen molar-refractivity contribution in [1.82, 2.24) is 9.78 Å². The molecule has 0 saturated heterocycles. The fraction of sp³-hybridized carbons (Fsp3) is 0.227. The second kappa shape index (κ2) is 8.83. The molecule has 10 heteroatoms. The lowest BCUT2D eigenvalue weighted by Crippen LogP contribution is -2.38. The molecule has 1 amide bonds. The van der Waals surface area contributed by atoms with Crippen molar-refractivity contribution < 1.29 is 23.1 Å². The van der Waals surface area contributed by atoms with Crippen LogP contribution in [0, 0.1) is 20.8 Å². The molecule has 0 aliphatic carbocycles. The molecule has 0 aliphatic rings. The maximum absolute atomic E-state index is 13.6. The Hall–Kier alpha value is -3.66. The summed E-state index contributed by atoms with van der Waals surface area (Å²) >= 11 is 0. The lowest BCUT2D eigenvalue weighted by atomic mass is 10.2. The van der Waals surface area contributed by atoms with Crippen molar-refractivity contribution in [3.8, 4) is 0 Å². The topological polar surface area (TPSA) is 122 Å². The number of amides is 1. The number of carboxylic acid groups (broad SMARTS) is 1. The number of carboxylic acids is 1. The molecule has 2 N–H and O–H groups in total. The van der Waals surface area contributed by atoms with Crippen molar-refractivity contribution in [1.29, 1.82) is 0 Å². The van der Waals surface area contributed by atoms with Gasteiger partial charge in [0.05, 0.1) is 22.6 Å². The zero-order chi connectivity index (χ0) is 23.6. The Bertz CT molecular complexity index is 1280. The summed E-state index contributed by atoms with van der Waals surface area (Å²) in [5.41, 5.74) is 2.31. The molecule has 9 nitrogen and oxygen atoms in total. The van der Waals surface area contributed by atoms with Crippen LogP contribution in [0.1, 0.15) is 27.3 Å². The molecule has 32 heavy (non-hydrogen) atoms. The van der Waals surface area contributed by atoms with Crippen LogP contribution in [-0.2, 0) is 21.9 Å². The van der Waals surface area contributed by atoms with Crippen LogP contribution in [0.4, 0.5) is 11.4 Å². The summed E-state index contributed by atoms with van der Waals surface area (Å²) in [5, 5.41) is 15.9. The van der Waals surface area contributed by atoms with E-state index in [0.717, 1.165) is 9.87 Å². The predicted molar refractivity (Wildman–Crippen MR) is 120 cm³/mol. The summed E-state index contributed by atoms with van der Waals surface area (Å²) in [5.74, 6) is -1.75. The minimum Gasteiger partial charge on any atom is -0.478 e. The molecule has 168 valence electrons. The van der Waals surface area contributed by atoms with Crippen molar-refractivity contribution in [3.05, 3.63) is 71.0 Å². The molecule has 0 fully saturated rings. The van der Waals surface area contributed by atoms with Crippen LogP contribution in [0.2, 0.25) is 0 Å². The SMILES string of the molecule is Cc1ccc(N(CC(=O)Nc2cccc(C(=O)O)c2)S(=O)(=O)c2c(C)nn(C)c2C)cc1. The molecule has 0 aliphatic heterocycles. The fourth-order valence-corrected chi connectivity index (χ4v) is 5.15. The van der Waals surface area contributed by atoms with Gasteiger partial charge in [-0.15, -0.1) is 0 Å². The standard InChI is InChI=1S/C22H24N4O5S/c1-14-8-10-19(11-9-14)26(32(30,31)21-15(2)24-25(4)16(21)3)13-20(27)23-18-7-5-6-17(12-18)22(28)29/h5-12H,13H2,1-4H3,(H,23,27)(H,28,29).